The van der Waals surface area contributed by atoms with Crippen LogP contribution in [0.25, 0.3) is 11.4 Å². The number of pyridine rings is 1. The number of alkyl halides is 3. The highest BCUT2D eigenvalue weighted by atomic mass is 32.2. The van der Waals surface area contributed by atoms with Crippen molar-refractivity contribution in [2.24, 2.45) is 0 Å². The third kappa shape index (κ3) is 4.14. The van der Waals surface area contributed by atoms with Crippen molar-refractivity contribution in [1.29, 1.82) is 0 Å². The van der Waals surface area contributed by atoms with Crippen LogP contribution in [0.3, 0.4) is 0 Å². The first-order valence-corrected chi connectivity index (χ1v) is 10.3. The van der Waals surface area contributed by atoms with Crippen molar-refractivity contribution in [3.63, 3.8) is 0 Å². The maximum Gasteiger partial charge on any atom is 0.471 e. The van der Waals surface area contributed by atoms with Crippen LogP contribution in [0.1, 0.15) is 12.3 Å². The molecule has 1 saturated heterocycles. The van der Waals surface area contributed by atoms with Gasteiger partial charge in [-0.2, -0.15) is 22.5 Å². The molecule has 0 bridgehead atoms. The summed E-state index contributed by atoms with van der Waals surface area (Å²) in [6.07, 6.45) is -3.39. The fourth-order valence-corrected chi connectivity index (χ4v) is 4.47. The van der Waals surface area contributed by atoms with Crippen molar-refractivity contribution in [3.05, 3.63) is 54.6 Å². The van der Waals surface area contributed by atoms with Crippen molar-refractivity contribution < 1.29 is 30.8 Å². The number of aromatic nitrogens is 3. The van der Waals surface area contributed by atoms with Crippen LogP contribution < -0.4 is 4.74 Å². The van der Waals surface area contributed by atoms with Gasteiger partial charge in [-0.25, -0.2) is 13.4 Å². The second-order valence-corrected chi connectivity index (χ2v) is 8.45. The summed E-state index contributed by atoms with van der Waals surface area (Å²) in [6, 6.07) is 11.0. The standard InChI is InChI=1S/C18H15F3N4O4S/c19-18(20,21)17-23-16(24-29-17)12-6-7-15(22-10-12)28-13-8-9-25(11-13)30(26,27)14-4-2-1-3-5-14/h1-7,10,13H,8-9,11H2/t13-/m0/s1. The summed E-state index contributed by atoms with van der Waals surface area (Å²) >= 11 is 0. The molecule has 0 amide bonds. The van der Waals surface area contributed by atoms with Crippen LogP contribution in [0.5, 0.6) is 5.88 Å². The summed E-state index contributed by atoms with van der Waals surface area (Å²) in [7, 11) is -3.60. The lowest BCUT2D eigenvalue weighted by molar-refractivity contribution is -0.159. The zero-order chi connectivity index (χ0) is 21.4. The van der Waals surface area contributed by atoms with E-state index in [2.05, 4.69) is 19.6 Å². The van der Waals surface area contributed by atoms with Gasteiger partial charge in [0.15, 0.2) is 0 Å². The fraction of sp³-hybridized carbons (Fsp3) is 0.278. The van der Waals surface area contributed by atoms with Gasteiger partial charge >= 0.3 is 12.1 Å². The van der Waals surface area contributed by atoms with E-state index >= 15 is 0 Å². The summed E-state index contributed by atoms with van der Waals surface area (Å²) in [5.41, 5.74) is 0.223. The molecule has 8 nitrogen and oxygen atoms in total. The summed E-state index contributed by atoms with van der Waals surface area (Å²) in [4.78, 5) is 7.55. The minimum Gasteiger partial charge on any atom is -0.473 e. The molecule has 0 radical (unpaired) electrons. The largest absolute Gasteiger partial charge is 0.473 e. The molecule has 3 aromatic rings. The first-order valence-electron chi connectivity index (χ1n) is 8.83. The molecule has 0 aliphatic carbocycles. The molecule has 2 aromatic heterocycles. The molecule has 4 rings (SSSR count). The number of benzene rings is 1. The number of rotatable bonds is 5. The van der Waals surface area contributed by atoms with E-state index in [1.807, 2.05) is 0 Å². The Morgan fingerprint density at radius 1 is 1.13 bits per heavy atom. The highest BCUT2D eigenvalue weighted by Gasteiger charge is 2.38. The lowest BCUT2D eigenvalue weighted by Gasteiger charge is -2.17. The van der Waals surface area contributed by atoms with Gasteiger partial charge in [0.25, 0.3) is 0 Å². The van der Waals surface area contributed by atoms with Gasteiger partial charge in [0, 0.05) is 24.4 Å². The summed E-state index contributed by atoms with van der Waals surface area (Å²) < 4.78 is 74.2. The molecule has 0 unspecified atom stereocenters. The zero-order valence-corrected chi connectivity index (χ0v) is 16.1. The van der Waals surface area contributed by atoms with Gasteiger partial charge in [-0.3, -0.25) is 0 Å². The summed E-state index contributed by atoms with van der Waals surface area (Å²) in [5, 5.41) is 3.29. The number of hydrogen-bond acceptors (Lipinski definition) is 7. The molecule has 0 saturated carbocycles. The van der Waals surface area contributed by atoms with Gasteiger partial charge in [0.2, 0.25) is 21.7 Å². The Morgan fingerprint density at radius 2 is 1.90 bits per heavy atom. The van der Waals surface area contributed by atoms with Gasteiger partial charge in [-0.1, -0.05) is 23.4 Å². The highest BCUT2D eigenvalue weighted by Crippen LogP contribution is 2.29. The molecule has 1 aromatic carbocycles. The van der Waals surface area contributed by atoms with E-state index in [1.165, 1.54) is 34.8 Å². The van der Waals surface area contributed by atoms with Gasteiger partial charge in [-0.15, -0.1) is 0 Å². The normalized spacial score (nSPS) is 17.9. The van der Waals surface area contributed by atoms with Crippen LogP contribution in [0.2, 0.25) is 0 Å². The maximum absolute atomic E-state index is 12.7. The van der Waals surface area contributed by atoms with Crippen molar-refractivity contribution in [3.8, 4) is 17.3 Å². The third-order valence-corrected chi connectivity index (χ3v) is 6.32. The highest BCUT2D eigenvalue weighted by molar-refractivity contribution is 7.89. The van der Waals surface area contributed by atoms with Gasteiger partial charge < -0.3 is 9.26 Å². The molecule has 30 heavy (non-hydrogen) atoms. The zero-order valence-electron chi connectivity index (χ0n) is 15.3. The van der Waals surface area contributed by atoms with E-state index in [0.717, 1.165) is 0 Å². The van der Waals surface area contributed by atoms with E-state index in [0.29, 0.717) is 13.0 Å². The van der Waals surface area contributed by atoms with Crippen LogP contribution in [-0.4, -0.2) is 47.0 Å². The first-order chi connectivity index (χ1) is 14.2. The Labute approximate surface area is 169 Å². The van der Waals surface area contributed by atoms with Crippen LogP contribution in [0.4, 0.5) is 13.2 Å². The Balaban J connectivity index is 1.40. The smallest absolute Gasteiger partial charge is 0.471 e. The Hall–Kier alpha value is -2.99. The molecule has 3 heterocycles. The second kappa shape index (κ2) is 7.69. The second-order valence-electron chi connectivity index (χ2n) is 6.51. The van der Waals surface area contributed by atoms with E-state index in [4.69, 9.17) is 4.74 Å². The summed E-state index contributed by atoms with van der Waals surface area (Å²) in [5.74, 6) is -1.48. The van der Waals surface area contributed by atoms with Gasteiger partial charge in [0.05, 0.1) is 11.4 Å². The van der Waals surface area contributed by atoms with Crippen LogP contribution in [0.15, 0.2) is 58.1 Å². The van der Waals surface area contributed by atoms with Crippen molar-refractivity contribution >= 4 is 10.0 Å². The van der Waals surface area contributed by atoms with E-state index in [-0.39, 0.29) is 28.7 Å². The van der Waals surface area contributed by atoms with Crippen molar-refractivity contribution in [2.45, 2.75) is 23.6 Å². The van der Waals surface area contributed by atoms with Crippen molar-refractivity contribution in [1.82, 2.24) is 19.4 Å². The SMILES string of the molecule is O=S(=O)(c1ccccc1)N1CC[C@H](Oc2ccc(-c3noc(C(F)(F)F)n3)cn2)C1. The quantitative estimate of drug-likeness (QED) is 0.602. The maximum atomic E-state index is 12.7. The molecule has 1 fully saturated rings. The minimum absolute atomic E-state index is 0.167. The first kappa shape index (κ1) is 20.3. The van der Waals surface area contributed by atoms with Gasteiger partial charge in [-0.05, 0) is 24.6 Å². The Morgan fingerprint density at radius 3 is 2.53 bits per heavy atom. The molecule has 0 spiro atoms. The molecular weight excluding hydrogens is 425 g/mol. The third-order valence-electron chi connectivity index (χ3n) is 4.44. The lowest BCUT2D eigenvalue weighted by atomic mass is 10.2. The van der Waals surface area contributed by atoms with Gasteiger partial charge in [0.1, 0.15) is 6.10 Å². The molecule has 12 heteroatoms. The monoisotopic (exact) mass is 440 g/mol. The minimum atomic E-state index is -4.73. The number of nitrogens with zero attached hydrogens (tertiary/aromatic N) is 4. The topological polar surface area (TPSA) is 98.4 Å². The molecule has 0 N–H and O–H groups in total. The van der Waals surface area contributed by atoms with Crippen LogP contribution in [-0.2, 0) is 16.2 Å². The van der Waals surface area contributed by atoms with E-state index < -0.39 is 28.2 Å². The van der Waals surface area contributed by atoms with Crippen LogP contribution >= 0.6 is 0 Å². The molecule has 1 atom stereocenters. The predicted octanol–water partition coefficient (Wildman–Crippen LogP) is 2.99. The van der Waals surface area contributed by atoms with E-state index in [1.54, 1.807) is 18.2 Å². The number of hydrogen-bond donors (Lipinski definition) is 0. The Bertz CT molecular complexity index is 1120. The number of halogens is 3. The molecular formula is C18H15F3N4O4S. The number of sulfonamides is 1. The van der Waals surface area contributed by atoms with E-state index in [9.17, 15) is 21.6 Å². The fourth-order valence-electron chi connectivity index (χ4n) is 2.96. The predicted molar refractivity (Wildman–Crippen MR) is 96.8 cm³/mol. The molecule has 158 valence electrons. The Kier molecular flexibility index (Phi) is 5.20. The lowest BCUT2D eigenvalue weighted by Crippen LogP contribution is -2.31. The number of ether oxygens (including phenoxy) is 1. The average Bonchev–Trinajstić information content (AvgIpc) is 3.39. The average molecular weight is 440 g/mol. The van der Waals surface area contributed by atoms with Crippen molar-refractivity contribution in [2.75, 3.05) is 13.1 Å². The summed E-state index contributed by atoms with van der Waals surface area (Å²) in [6.45, 7) is 0.476. The van der Waals surface area contributed by atoms with Crippen LogP contribution in [0, 0.1) is 0 Å². The molecule has 1 aliphatic rings. The molecule has 1 aliphatic heterocycles.